The average Bonchev–Trinajstić information content (AvgIpc) is 3.10. The third-order valence-electron chi connectivity index (χ3n) is 4.71. The topological polar surface area (TPSA) is 58.9 Å². The van der Waals surface area contributed by atoms with Gasteiger partial charge in [0.1, 0.15) is 18.2 Å². The van der Waals surface area contributed by atoms with E-state index in [2.05, 4.69) is 21.0 Å². The van der Waals surface area contributed by atoms with Gasteiger partial charge in [-0.05, 0) is 62.1 Å². The van der Waals surface area contributed by atoms with Gasteiger partial charge in [0.25, 0.3) is 0 Å². The van der Waals surface area contributed by atoms with Gasteiger partial charge in [-0.1, -0.05) is 23.7 Å². The molecule has 0 fully saturated rings. The van der Waals surface area contributed by atoms with Crippen molar-refractivity contribution in [2.75, 3.05) is 0 Å². The van der Waals surface area contributed by atoms with Crippen molar-refractivity contribution >= 4 is 5.69 Å². The highest BCUT2D eigenvalue weighted by Gasteiger charge is 2.24. The normalized spacial score (nSPS) is 12.7. The molecule has 0 spiro atoms. The molecule has 1 atom stereocenters. The van der Waals surface area contributed by atoms with Gasteiger partial charge >= 0.3 is 0 Å². The van der Waals surface area contributed by atoms with Crippen molar-refractivity contribution in [3.8, 4) is 6.07 Å². The third kappa shape index (κ3) is 2.85. The summed E-state index contributed by atoms with van der Waals surface area (Å²) in [7, 11) is 0. The SMILES string of the molecule is [2H]c1c([2H])c(C(c2ccc(C#N)cc2C)n2ncnc2C)c(C)c(C)c1[N+]#[C-]. The van der Waals surface area contributed by atoms with Crippen molar-refractivity contribution in [2.45, 2.75) is 33.7 Å². The van der Waals surface area contributed by atoms with Gasteiger partial charge in [0.15, 0.2) is 5.69 Å². The Balaban J connectivity index is 2.40. The van der Waals surface area contributed by atoms with E-state index in [1.165, 1.54) is 6.33 Å². The molecule has 0 radical (unpaired) electrons. The largest absolute Gasteiger partial charge is 0.238 e. The van der Waals surface area contributed by atoms with Gasteiger partial charge in [-0.15, -0.1) is 0 Å². The van der Waals surface area contributed by atoms with Gasteiger partial charge in [-0.25, -0.2) is 14.5 Å². The van der Waals surface area contributed by atoms with E-state index in [9.17, 15) is 5.26 Å². The highest BCUT2D eigenvalue weighted by atomic mass is 15.3. The Morgan fingerprint density at radius 1 is 1.19 bits per heavy atom. The first-order valence-corrected chi connectivity index (χ1v) is 8.16. The quantitative estimate of drug-likeness (QED) is 0.654. The standard InChI is InChI=1S/C21H19N5/c1-13-10-17(11-22)6-7-18(13)21(26-16(4)24-12-25-26)19-8-9-20(23-5)15(3)14(19)2/h6-10,12,21H,1-4H3/i8D,9D. The molecule has 3 rings (SSSR count). The molecular weight excluding hydrogens is 322 g/mol. The van der Waals surface area contributed by atoms with E-state index in [0.29, 0.717) is 22.5 Å². The van der Waals surface area contributed by atoms with Crippen LogP contribution >= 0.6 is 0 Å². The third-order valence-corrected chi connectivity index (χ3v) is 4.71. The molecule has 0 aliphatic carbocycles. The lowest BCUT2D eigenvalue weighted by molar-refractivity contribution is 0.571. The van der Waals surface area contributed by atoms with Crippen LogP contribution in [0.15, 0.2) is 36.6 Å². The molecular formula is C21H19N5. The summed E-state index contributed by atoms with van der Waals surface area (Å²) in [6, 6.07) is 6.99. The molecule has 0 amide bonds. The van der Waals surface area contributed by atoms with Crippen LogP contribution in [0.25, 0.3) is 4.85 Å². The fraction of sp³-hybridized carbons (Fsp3) is 0.238. The van der Waals surface area contributed by atoms with E-state index in [4.69, 9.17) is 9.31 Å². The van der Waals surface area contributed by atoms with Crippen molar-refractivity contribution < 1.29 is 2.74 Å². The summed E-state index contributed by atoms with van der Waals surface area (Å²) in [6.45, 7) is 14.8. The second-order valence-electron chi connectivity index (χ2n) is 6.21. The van der Waals surface area contributed by atoms with Crippen LogP contribution in [0.2, 0.25) is 0 Å². The molecule has 128 valence electrons. The number of benzene rings is 2. The maximum absolute atomic E-state index is 9.19. The summed E-state index contributed by atoms with van der Waals surface area (Å²) >= 11 is 0. The molecule has 0 saturated carbocycles. The van der Waals surface area contributed by atoms with Crippen LogP contribution < -0.4 is 0 Å². The van der Waals surface area contributed by atoms with Crippen molar-refractivity contribution in [2.24, 2.45) is 0 Å². The minimum atomic E-state index is -0.481. The van der Waals surface area contributed by atoms with Gasteiger partial charge in [-0.2, -0.15) is 10.4 Å². The molecule has 0 aliphatic heterocycles. The van der Waals surface area contributed by atoms with E-state index < -0.39 is 6.04 Å². The van der Waals surface area contributed by atoms with Crippen molar-refractivity contribution in [1.29, 1.82) is 5.26 Å². The zero-order chi connectivity index (χ0) is 20.6. The first-order valence-electron chi connectivity index (χ1n) is 9.16. The smallest absolute Gasteiger partial charge is 0.190 e. The Kier molecular flexibility index (Phi) is 3.90. The van der Waals surface area contributed by atoms with E-state index in [1.807, 2.05) is 26.8 Å². The Hall–Kier alpha value is -3.44. The maximum atomic E-state index is 9.19. The average molecular weight is 343 g/mol. The number of hydrogen-bond donors (Lipinski definition) is 0. The second-order valence-corrected chi connectivity index (χ2v) is 6.21. The Morgan fingerprint density at radius 3 is 2.54 bits per heavy atom. The van der Waals surface area contributed by atoms with Crippen LogP contribution in [0, 0.1) is 45.6 Å². The molecule has 0 saturated heterocycles. The molecule has 1 unspecified atom stereocenters. The van der Waals surface area contributed by atoms with Gasteiger partial charge in [-0.3, -0.25) is 0 Å². The lowest BCUT2D eigenvalue weighted by atomic mass is 9.89. The molecule has 3 aromatic rings. The lowest BCUT2D eigenvalue weighted by Crippen LogP contribution is -2.18. The molecule has 5 heteroatoms. The summed E-state index contributed by atoms with van der Waals surface area (Å²) in [4.78, 5) is 7.69. The fourth-order valence-electron chi connectivity index (χ4n) is 3.10. The predicted molar refractivity (Wildman–Crippen MR) is 100 cm³/mol. The number of aromatic nitrogens is 3. The zero-order valence-electron chi connectivity index (χ0n) is 17.1. The molecule has 1 aromatic heterocycles. The number of nitriles is 1. The summed E-state index contributed by atoms with van der Waals surface area (Å²) in [5, 5.41) is 13.6. The number of rotatable bonds is 3. The van der Waals surface area contributed by atoms with Crippen LogP contribution in [0.4, 0.5) is 5.69 Å². The Bertz CT molecular complexity index is 1140. The van der Waals surface area contributed by atoms with E-state index in [-0.39, 0.29) is 17.8 Å². The number of hydrogen-bond acceptors (Lipinski definition) is 3. The summed E-state index contributed by atoms with van der Waals surface area (Å²) in [5.41, 5.74) is 4.62. The Morgan fingerprint density at radius 2 is 1.96 bits per heavy atom. The molecule has 1 heterocycles. The van der Waals surface area contributed by atoms with E-state index in [0.717, 1.165) is 16.7 Å². The van der Waals surface area contributed by atoms with Crippen molar-refractivity contribution in [1.82, 2.24) is 14.8 Å². The van der Waals surface area contributed by atoms with Gasteiger partial charge < -0.3 is 0 Å². The summed E-state index contributed by atoms with van der Waals surface area (Å²) in [5.74, 6) is 0.672. The highest BCUT2D eigenvalue weighted by molar-refractivity contribution is 5.59. The lowest BCUT2D eigenvalue weighted by Gasteiger charge is -2.24. The molecule has 0 aliphatic rings. The van der Waals surface area contributed by atoms with Gasteiger partial charge in [0.2, 0.25) is 0 Å². The minimum absolute atomic E-state index is 0.0118. The first-order chi connectivity index (χ1) is 13.3. The van der Waals surface area contributed by atoms with Crippen molar-refractivity contribution in [3.05, 3.63) is 87.2 Å². The molecule has 2 aromatic carbocycles. The minimum Gasteiger partial charge on any atom is -0.238 e. The molecule has 5 nitrogen and oxygen atoms in total. The van der Waals surface area contributed by atoms with Crippen LogP contribution in [0.3, 0.4) is 0 Å². The van der Waals surface area contributed by atoms with Gasteiger partial charge in [0, 0.05) is 1.37 Å². The Labute approximate surface area is 156 Å². The van der Waals surface area contributed by atoms with Crippen LogP contribution in [-0.4, -0.2) is 14.8 Å². The number of aryl methyl sites for hydroxylation is 2. The van der Waals surface area contributed by atoms with E-state index in [1.54, 1.807) is 23.7 Å². The van der Waals surface area contributed by atoms with E-state index >= 15 is 0 Å². The predicted octanol–water partition coefficient (Wildman–Crippen LogP) is 4.57. The summed E-state index contributed by atoms with van der Waals surface area (Å²) in [6.07, 6.45) is 1.46. The maximum Gasteiger partial charge on any atom is 0.190 e. The van der Waals surface area contributed by atoms with Crippen LogP contribution in [0.1, 0.15) is 48.0 Å². The van der Waals surface area contributed by atoms with Gasteiger partial charge in [0.05, 0.1) is 19.6 Å². The highest BCUT2D eigenvalue weighted by Crippen LogP contribution is 2.35. The second kappa shape index (κ2) is 6.82. The van der Waals surface area contributed by atoms with Crippen LogP contribution in [-0.2, 0) is 0 Å². The molecule has 26 heavy (non-hydrogen) atoms. The molecule has 0 bridgehead atoms. The monoisotopic (exact) mass is 343 g/mol. The first kappa shape index (κ1) is 14.9. The van der Waals surface area contributed by atoms with Crippen LogP contribution in [0.5, 0.6) is 0 Å². The summed E-state index contributed by atoms with van der Waals surface area (Å²) < 4.78 is 18.7. The number of nitrogens with zero attached hydrogens (tertiary/aromatic N) is 5. The zero-order valence-corrected chi connectivity index (χ0v) is 15.1. The molecule has 0 N–H and O–H groups in total. The van der Waals surface area contributed by atoms with Crippen molar-refractivity contribution in [3.63, 3.8) is 0 Å². The fourth-order valence-corrected chi connectivity index (χ4v) is 3.10.